The van der Waals surface area contributed by atoms with E-state index in [-0.39, 0.29) is 0 Å². The summed E-state index contributed by atoms with van der Waals surface area (Å²) in [4.78, 5) is 0. The molecule has 0 aromatic heterocycles. The summed E-state index contributed by atoms with van der Waals surface area (Å²) in [6.07, 6.45) is 7.86. The van der Waals surface area contributed by atoms with Gasteiger partial charge in [0.25, 0.3) is 0 Å². The molecule has 0 aromatic carbocycles. The molecule has 3 N–H and O–H groups in total. The van der Waals surface area contributed by atoms with Crippen molar-refractivity contribution in [3.8, 4) is 0 Å². The summed E-state index contributed by atoms with van der Waals surface area (Å²) in [7, 11) is 0. The molecule has 3 heteroatoms. The van der Waals surface area contributed by atoms with Gasteiger partial charge in [0.2, 0.25) is 0 Å². The molecular weight excluding hydrogens is 144 g/mol. The van der Waals surface area contributed by atoms with Crippen LogP contribution < -0.4 is 11.1 Å². The highest BCUT2D eigenvalue weighted by Gasteiger charge is 2.06. The van der Waals surface area contributed by atoms with Crippen molar-refractivity contribution >= 4 is 17.3 Å². The van der Waals surface area contributed by atoms with Crippen molar-refractivity contribution in [3.63, 3.8) is 0 Å². The molecule has 10 heavy (non-hydrogen) atoms. The van der Waals surface area contributed by atoms with Gasteiger partial charge in [0, 0.05) is 6.04 Å². The average Bonchev–Trinajstić information content (AvgIpc) is 1.88. The van der Waals surface area contributed by atoms with Gasteiger partial charge in [0.05, 0.1) is 0 Å². The van der Waals surface area contributed by atoms with Gasteiger partial charge in [-0.1, -0.05) is 12.2 Å². The summed E-state index contributed by atoms with van der Waals surface area (Å²) in [5.74, 6) is 0. The lowest BCUT2D eigenvalue weighted by Crippen LogP contribution is -2.37. The van der Waals surface area contributed by atoms with E-state index < -0.39 is 0 Å². The standard InChI is InChI=1S/C7H12N2S/c8-7(10)9-6-4-2-1-3-5-6/h2,4,6H,1,3,5H2,(H3,8,9,10). The first kappa shape index (κ1) is 7.54. The van der Waals surface area contributed by atoms with Gasteiger partial charge >= 0.3 is 0 Å². The third-order valence-corrected chi connectivity index (χ3v) is 1.70. The predicted octanol–water partition coefficient (Wildman–Crippen LogP) is 0.928. The van der Waals surface area contributed by atoms with Gasteiger partial charge in [-0.3, -0.25) is 0 Å². The zero-order valence-corrected chi connectivity index (χ0v) is 6.66. The monoisotopic (exact) mass is 156 g/mol. The highest BCUT2D eigenvalue weighted by Crippen LogP contribution is 2.09. The second kappa shape index (κ2) is 3.56. The van der Waals surface area contributed by atoms with Crippen LogP contribution in [-0.2, 0) is 0 Å². The topological polar surface area (TPSA) is 38.0 Å². The Morgan fingerprint density at radius 1 is 1.70 bits per heavy atom. The normalized spacial score (nSPS) is 24.2. The number of rotatable bonds is 1. The van der Waals surface area contributed by atoms with Crippen molar-refractivity contribution < 1.29 is 0 Å². The minimum Gasteiger partial charge on any atom is -0.376 e. The Bertz CT molecular complexity index is 154. The molecule has 1 atom stereocenters. The van der Waals surface area contributed by atoms with Crippen molar-refractivity contribution in [1.29, 1.82) is 0 Å². The van der Waals surface area contributed by atoms with Crippen molar-refractivity contribution in [3.05, 3.63) is 12.2 Å². The molecule has 0 radical (unpaired) electrons. The van der Waals surface area contributed by atoms with E-state index in [4.69, 9.17) is 18.0 Å². The molecule has 0 aromatic rings. The SMILES string of the molecule is NC(=S)NC1C=CCCC1. The first-order chi connectivity index (χ1) is 4.79. The number of hydrogen-bond donors (Lipinski definition) is 2. The van der Waals surface area contributed by atoms with Gasteiger partial charge in [0.1, 0.15) is 0 Å². The first-order valence-corrected chi connectivity index (χ1v) is 3.92. The third kappa shape index (κ3) is 2.35. The van der Waals surface area contributed by atoms with Crippen LogP contribution in [0, 0.1) is 0 Å². The molecular formula is C7H12N2S. The van der Waals surface area contributed by atoms with Gasteiger partial charge in [-0.2, -0.15) is 0 Å². The Morgan fingerprint density at radius 3 is 3.00 bits per heavy atom. The minimum atomic E-state index is 0.381. The lowest BCUT2D eigenvalue weighted by molar-refractivity contribution is 0.602. The smallest absolute Gasteiger partial charge is 0.164 e. The fourth-order valence-electron chi connectivity index (χ4n) is 1.12. The largest absolute Gasteiger partial charge is 0.376 e. The van der Waals surface area contributed by atoms with E-state index in [2.05, 4.69) is 17.5 Å². The molecule has 0 heterocycles. The van der Waals surface area contributed by atoms with Gasteiger partial charge < -0.3 is 11.1 Å². The molecule has 1 aliphatic carbocycles. The molecule has 0 amide bonds. The van der Waals surface area contributed by atoms with E-state index in [1.807, 2.05) is 0 Å². The maximum absolute atomic E-state index is 5.31. The first-order valence-electron chi connectivity index (χ1n) is 3.51. The number of nitrogens with one attached hydrogen (secondary N) is 1. The van der Waals surface area contributed by atoms with E-state index >= 15 is 0 Å². The van der Waals surface area contributed by atoms with E-state index in [0.717, 1.165) is 6.42 Å². The number of nitrogens with two attached hydrogens (primary N) is 1. The molecule has 1 unspecified atom stereocenters. The van der Waals surface area contributed by atoms with Crippen LogP contribution >= 0.6 is 12.2 Å². The summed E-state index contributed by atoms with van der Waals surface area (Å²) in [6.45, 7) is 0. The van der Waals surface area contributed by atoms with Crippen LogP contribution in [0.4, 0.5) is 0 Å². The summed E-state index contributed by atoms with van der Waals surface area (Å²) >= 11 is 4.71. The fraction of sp³-hybridized carbons (Fsp3) is 0.571. The summed E-state index contributed by atoms with van der Waals surface area (Å²) in [5, 5.41) is 3.40. The summed E-state index contributed by atoms with van der Waals surface area (Å²) in [5.41, 5.74) is 5.31. The Kier molecular flexibility index (Phi) is 2.68. The maximum atomic E-state index is 5.31. The van der Waals surface area contributed by atoms with Crippen LogP contribution in [0.25, 0.3) is 0 Å². The zero-order valence-electron chi connectivity index (χ0n) is 5.84. The van der Waals surface area contributed by atoms with Crippen LogP contribution in [0.2, 0.25) is 0 Å². The fourth-order valence-corrected chi connectivity index (χ4v) is 1.27. The number of allylic oxidation sites excluding steroid dienone is 1. The molecule has 0 fully saturated rings. The third-order valence-electron chi connectivity index (χ3n) is 1.58. The minimum absolute atomic E-state index is 0.381. The molecule has 0 aliphatic heterocycles. The molecule has 1 rings (SSSR count). The predicted molar refractivity (Wildman–Crippen MR) is 46.7 cm³/mol. The summed E-state index contributed by atoms with van der Waals surface area (Å²) in [6, 6.07) is 0.381. The second-order valence-electron chi connectivity index (χ2n) is 2.47. The maximum Gasteiger partial charge on any atom is 0.164 e. The van der Waals surface area contributed by atoms with Gasteiger partial charge in [-0.15, -0.1) is 0 Å². The molecule has 2 nitrogen and oxygen atoms in total. The van der Waals surface area contributed by atoms with E-state index in [9.17, 15) is 0 Å². The Hall–Kier alpha value is -0.570. The van der Waals surface area contributed by atoms with Crippen LogP contribution in [0.3, 0.4) is 0 Å². The van der Waals surface area contributed by atoms with E-state index in [1.165, 1.54) is 12.8 Å². The van der Waals surface area contributed by atoms with Gasteiger partial charge in [-0.05, 0) is 31.5 Å². The second-order valence-corrected chi connectivity index (χ2v) is 2.91. The van der Waals surface area contributed by atoms with E-state index in [1.54, 1.807) is 0 Å². The van der Waals surface area contributed by atoms with Crippen LogP contribution in [0.5, 0.6) is 0 Å². The molecule has 0 spiro atoms. The number of hydrogen-bond acceptors (Lipinski definition) is 1. The van der Waals surface area contributed by atoms with Gasteiger partial charge in [-0.25, -0.2) is 0 Å². The Balaban J connectivity index is 2.33. The summed E-state index contributed by atoms with van der Waals surface area (Å²) < 4.78 is 0. The highest BCUT2D eigenvalue weighted by atomic mass is 32.1. The lowest BCUT2D eigenvalue weighted by atomic mass is 10.0. The molecule has 0 bridgehead atoms. The number of thiocarbonyl (C=S) groups is 1. The highest BCUT2D eigenvalue weighted by molar-refractivity contribution is 7.80. The Morgan fingerprint density at radius 2 is 2.50 bits per heavy atom. The van der Waals surface area contributed by atoms with Crippen LogP contribution in [-0.4, -0.2) is 11.2 Å². The lowest BCUT2D eigenvalue weighted by Gasteiger charge is -2.17. The van der Waals surface area contributed by atoms with Crippen LogP contribution in [0.1, 0.15) is 19.3 Å². The van der Waals surface area contributed by atoms with Crippen molar-refractivity contribution in [2.75, 3.05) is 0 Å². The molecule has 56 valence electrons. The van der Waals surface area contributed by atoms with E-state index in [0.29, 0.717) is 11.2 Å². The molecule has 0 saturated heterocycles. The van der Waals surface area contributed by atoms with Crippen molar-refractivity contribution in [2.24, 2.45) is 5.73 Å². The zero-order chi connectivity index (χ0) is 7.40. The molecule has 1 aliphatic rings. The Labute approximate surface area is 66.5 Å². The molecule has 0 saturated carbocycles. The average molecular weight is 156 g/mol. The van der Waals surface area contributed by atoms with Crippen molar-refractivity contribution in [2.45, 2.75) is 25.3 Å². The van der Waals surface area contributed by atoms with Gasteiger partial charge in [0.15, 0.2) is 5.11 Å². The van der Waals surface area contributed by atoms with Crippen LogP contribution in [0.15, 0.2) is 12.2 Å². The van der Waals surface area contributed by atoms with Crippen molar-refractivity contribution in [1.82, 2.24) is 5.32 Å². The quantitative estimate of drug-likeness (QED) is 0.438.